The number of hydrogen-bond donors (Lipinski definition) is 0. The van der Waals surface area contributed by atoms with E-state index in [9.17, 15) is 14.0 Å². The van der Waals surface area contributed by atoms with Gasteiger partial charge in [0.15, 0.2) is 0 Å². The van der Waals surface area contributed by atoms with Gasteiger partial charge in [0.2, 0.25) is 5.91 Å². The molecule has 1 aromatic carbocycles. The zero-order valence-corrected chi connectivity index (χ0v) is 15.3. The van der Waals surface area contributed by atoms with Gasteiger partial charge in [0.1, 0.15) is 17.9 Å². The highest BCUT2D eigenvalue weighted by atomic mass is 19.1. The average Bonchev–Trinajstić information content (AvgIpc) is 3.20. The van der Waals surface area contributed by atoms with E-state index in [0.29, 0.717) is 22.5 Å². The van der Waals surface area contributed by atoms with Gasteiger partial charge in [-0.1, -0.05) is 0 Å². The standard InChI is InChI=1S/C20H20FN5O2/c21-14-5-7-15(8-6-14)26-19-16(11-22-26)18(13-3-4-13)23-25(20(19)28)12-17(27)24-9-1-2-10-24/h5-8,11,13H,1-4,9-10,12H2. The van der Waals surface area contributed by atoms with E-state index in [1.165, 1.54) is 21.5 Å². The number of fused-ring (bicyclic) bond motifs is 1. The molecule has 0 unspecified atom stereocenters. The highest BCUT2D eigenvalue weighted by Crippen LogP contribution is 2.41. The first kappa shape index (κ1) is 17.1. The van der Waals surface area contributed by atoms with Gasteiger partial charge in [-0.15, -0.1) is 0 Å². The van der Waals surface area contributed by atoms with Crippen molar-refractivity contribution in [2.24, 2.45) is 0 Å². The number of rotatable bonds is 4. The molecule has 2 aliphatic rings. The highest BCUT2D eigenvalue weighted by Gasteiger charge is 2.31. The molecule has 0 radical (unpaired) electrons. The summed E-state index contributed by atoms with van der Waals surface area (Å²) in [4.78, 5) is 27.6. The Bertz CT molecular complexity index is 1110. The average molecular weight is 381 g/mol. The zero-order chi connectivity index (χ0) is 19.3. The van der Waals surface area contributed by atoms with Gasteiger partial charge in [0.25, 0.3) is 5.56 Å². The third kappa shape index (κ3) is 2.89. The van der Waals surface area contributed by atoms with Crippen LogP contribution in [-0.4, -0.2) is 43.5 Å². The van der Waals surface area contributed by atoms with Gasteiger partial charge in [-0.2, -0.15) is 10.2 Å². The molecule has 1 aliphatic carbocycles. The topological polar surface area (TPSA) is 73.0 Å². The van der Waals surface area contributed by atoms with Crippen LogP contribution in [0.4, 0.5) is 4.39 Å². The molecule has 144 valence electrons. The Balaban J connectivity index is 1.63. The maximum absolute atomic E-state index is 13.3. The number of likely N-dealkylation sites (tertiary alicyclic amines) is 1. The molecular weight excluding hydrogens is 361 g/mol. The lowest BCUT2D eigenvalue weighted by Crippen LogP contribution is -2.36. The lowest BCUT2D eigenvalue weighted by molar-refractivity contribution is -0.131. The van der Waals surface area contributed by atoms with Gasteiger partial charge in [0.05, 0.1) is 17.6 Å². The van der Waals surface area contributed by atoms with Gasteiger partial charge < -0.3 is 4.90 Å². The maximum atomic E-state index is 13.3. The second-order valence-electron chi connectivity index (χ2n) is 7.51. The first-order valence-corrected chi connectivity index (χ1v) is 9.64. The van der Waals surface area contributed by atoms with Crippen LogP contribution in [0, 0.1) is 5.82 Å². The zero-order valence-electron chi connectivity index (χ0n) is 15.3. The van der Waals surface area contributed by atoms with E-state index in [4.69, 9.17) is 0 Å². The SMILES string of the molecule is O=C(Cn1nc(C2CC2)c2cnn(-c3ccc(F)cc3)c2c1=O)N1CCCC1. The molecule has 7 nitrogen and oxygen atoms in total. The molecule has 1 aliphatic heterocycles. The molecule has 28 heavy (non-hydrogen) atoms. The maximum Gasteiger partial charge on any atom is 0.293 e. The lowest BCUT2D eigenvalue weighted by atomic mass is 10.2. The van der Waals surface area contributed by atoms with Gasteiger partial charge in [0, 0.05) is 24.4 Å². The number of benzene rings is 1. The quantitative estimate of drug-likeness (QED) is 0.695. The van der Waals surface area contributed by atoms with Crippen LogP contribution in [0.2, 0.25) is 0 Å². The van der Waals surface area contributed by atoms with Crippen LogP contribution in [0.5, 0.6) is 0 Å². The number of hydrogen-bond acceptors (Lipinski definition) is 4. The van der Waals surface area contributed by atoms with Gasteiger partial charge in [-0.3, -0.25) is 9.59 Å². The van der Waals surface area contributed by atoms with Crippen molar-refractivity contribution in [3.8, 4) is 5.69 Å². The van der Waals surface area contributed by atoms with Gasteiger partial charge >= 0.3 is 0 Å². The Labute approximate surface area is 160 Å². The number of aromatic nitrogens is 4. The van der Waals surface area contributed by atoms with E-state index in [0.717, 1.165) is 44.5 Å². The largest absolute Gasteiger partial charge is 0.341 e. The Kier molecular flexibility index (Phi) is 3.99. The third-order valence-electron chi connectivity index (χ3n) is 5.49. The van der Waals surface area contributed by atoms with Crippen LogP contribution >= 0.6 is 0 Å². The fraction of sp³-hybridized carbons (Fsp3) is 0.400. The predicted molar refractivity (Wildman–Crippen MR) is 101 cm³/mol. The molecule has 2 aromatic heterocycles. The van der Waals surface area contributed by atoms with Crippen molar-refractivity contribution < 1.29 is 9.18 Å². The van der Waals surface area contributed by atoms with E-state index in [1.807, 2.05) is 0 Å². The van der Waals surface area contributed by atoms with Crippen molar-refractivity contribution in [3.05, 3.63) is 52.3 Å². The fourth-order valence-electron chi connectivity index (χ4n) is 3.83. The van der Waals surface area contributed by atoms with Crippen molar-refractivity contribution in [2.45, 2.75) is 38.1 Å². The van der Waals surface area contributed by atoms with Crippen molar-refractivity contribution in [2.75, 3.05) is 13.1 Å². The van der Waals surface area contributed by atoms with E-state index in [1.54, 1.807) is 23.2 Å². The minimum absolute atomic E-state index is 0.0664. The molecule has 1 saturated heterocycles. The summed E-state index contributed by atoms with van der Waals surface area (Å²) >= 11 is 0. The molecular formula is C20H20FN5O2. The Morgan fingerprint density at radius 2 is 1.86 bits per heavy atom. The van der Waals surface area contributed by atoms with Gasteiger partial charge in [-0.25, -0.2) is 13.8 Å². The van der Waals surface area contributed by atoms with Crippen LogP contribution in [0.1, 0.15) is 37.3 Å². The minimum atomic E-state index is -0.353. The summed E-state index contributed by atoms with van der Waals surface area (Å²) in [6, 6.07) is 5.83. The number of carbonyl (C=O) groups is 1. The number of nitrogens with zero attached hydrogens (tertiary/aromatic N) is 5. The molecule has 0 bridgehead atoms. The second-order valence-corrected chi connectivity index (χ2v) is 7.51. The Morgan fingerprint density at radius 3 is 2.54 bits per heavy atom. The molecule has 0 N–H and O–H groups in total. The lowest BCUT2D eigenvalue weighted by Gasteiger charge is -2.16. The van der Waals surface area contributed by atoms with Gasteiger partial charge in [-0.05, 0) is 49.9 Å². The molecule has 8 heteroatoms. The Morgan fingerprint density at radius 1 is 1.14 bits per heavy atom. The molecule has 0 atom stereocenters. The summed E-state index contributed by atoms with van der Waals surface area (Å²) in [5, 5.41) is 9.62. The normalized spacial score (nSPS) is 16.8. The summed E-state index contributed by atoms with van der Waals surface area (Å²) in [7, 11) is 0. The van der Waals surface area contributed by atoms with E-state index in [2.05, 4.69) is 10.2 Å². The summed E-state index contributed by atoms with van der Waals surface area (Å²) in [6.45, 7) is 1.40. The van der Waals surface area contributed by atoms with Crippen LogP contribution in [0.15, 0.2) is 35.3 Å². The summed E-state index contributed by atoms with van der Waals surface area (Å²) in [5.74, 6) is -0.141. The number of amides is 1. The summed E-state index contributed by atoms with van der Waals surface area (Å²) in [6.07, 6.45) is 5.67. The van der Waals surface area contributed by atoms with E-state index in [-0.39, 0.29) is 23.8 Å². The monoisotopic (exact) mass is 381 g/mol. The molecule has 0 spiro atoms. The minimum Gasteiger partial charge on any atom is -0.341 e. The van der Waals surface area contributed by atoms with Crippen molar-refractivity contribution in [3.63, 3.8) is 0 Å². The molecule has 5 rings (SSSR count). The smallest absolute Gasteiger partial charge is 0.293 e. The first-order valence-electron chi connectivity index (χ1n) is 9.64. The molecule has 1 saturated carbocycles. The van der Waals surface area contributed by atoms with Crippen LogP contribution in [-0.2, 0) is 11.3 Å². The second kappa shape index (κ2) is 6.54. The highest BCUT2D eigenvalue weighted by molar-refractivity contribution is 5.83. The van der Waals surface area contributed by atoms with Crippen LogP contribution in [0.25, 0.3) is 16.6 Å². The third-order valence-corrected chi connectivity index (χ3v) is 5.49. The summed E-state index contributed by atoms with van der Waals surface area (Å²) in [5.41, 5.74) is 1.45. The van der Waals surface area contributed by atoms with Crippen LogP contribution in [0.3, 0.4) is 0 Å². The van der Waals surface area contributed by atoms with E-state index >= 15 is 0 Å². The van der Waals surface area contributed by atoms with Crippen LogP contribution < -0.4 is 5.56 Å². The molecule has 3 heterocycles. The molecule has 3 aromatic rings. The number of halogens is 1. The molecule has 2 fully saturated rings. The van der Waals surface area contributed by atoms with E-state index < -0.39 is 0 Å². The fourth-order valence-corrected chi connectivity index (χ4v) is 3.83. The van der Waals surface area contributed by atoms with Crippen molar-refractivity contribution >= 4 is 16.8 Å². The Hall–Kier alpha value is -3.03. The summed E-state index contributed by atoms with van der Waals surface area (Å²) < 4.78 is 16.1. The first-order chi connectivity index (χ1) is 13.6. The number of carbonyl (C=O) groups excluding carboxylic acids is 1. The predicted octanol–water partition coefficient (Wildman–Crippen LogP) is 2.22. The molecule has 1 amide bonds. The van der Waals surface area contributed by atoms with Crippen molar-refractivity contribution in [1.82, 2.24) is 24.5 Å². The van der Waals surface area contributed by atoms with Crippen molar-refractivity contribution in [1.29, 1.82) is 0 Å².